The molecular formula is C15H14F3NO. The number of phenolic OH excluding ortho intramolecular Hbond substituents is 1. The fraction of sp³-hybridized carbons (Fsp3) is 0.200. The average Bonchev–Trinajstić information content (AvgIpc) is 2.42. The van der Waals surface area contributed by atoms with E-state index in [0.717, 1.165) is 17.7 Å². The highest BCUT2D eigenvalue weighted by Gasteiger charge is 2.11. The number of halogens is 3. The predicted molar refractivity (Wildman–Crippen MR) is 69.7 cm³/mol. The Bertz CT molecular complexity index is 593. The average molecular weight is 281 g/mol. The van der Waals surface area contributed by atoms with Crippen LogP contribution in [0.5, 0.6) is 5.75 Å². The van der Waals surface area contributed by atoms with E-state index in [9.17, 15) is 18.3 Å². The molecule has 2 nitrogen and oxygen atoms in total. The Labute approximate surface area is 114 Å². The van der Waals surface area contributed by atoms with Crippen LogP contribution in [0.25, 0.3) is 0 Å². The molecule has 5 heteroatoms. The maximum Gasteiger partial charge on any atom is 0.194 e. The summed E-state index contributed by atoms with van der Waals surface area (Å²) in [5.41, 5.74) is 1.15. The molecule has 2 rings (SSSR count). The first-order chi connectivity index (χ1) is 9.47. The molecule has 1 unspecified atom stereocenters. The lowest BCUT2D eigenvalue weighted by Crippen LogP contribution is -2.18. The normalized spacial score (nSPS) is 12.4. The van der Waals surface area contributed by atoms with Crippen LogP contribution in [0.15, 0.2) is 36.4 Å². The van der Waals surface area contributed by atoms with Gasteiger partial charge in [0.25, 0.3) is 0 Å². The molecule has 0 heterocycles. The molecule has 1 atom stereocenters. The monoisotopic (exact) mass is 281 g/mol. The lowest BCUT2D eigenvalue weighted by Gasteiger charge is -2.14. The van der Waals surface area contributed by atoms with Crippen molar-refractivity contribution in [3.63, 3.8) is 0 Å². The fourth-order valence-electron chi connectivity index (χ4n) is 1.89. The van der Waals surface area contributed by atoms with E-state index in [1.165, 1.54) is 0 Å². The van der Waals surface area contributed by atoms with Crippen molar-refractivity contribution in [3.8, 4) is 5.75 Å². The summed E-state index contributed by atoms with van der Waals surface area (Å²) in [6.07, 6.45) is 0. The van der Waals surface area contributed by atoms with E-state index >= 15 is 0 Å². The topological polar surface area (TPSA) is 32.3 Å². The first kappa shape index (κ1) is 14.4. The Morgan fingerprint density at radius 1 is 1.10 bits per heavy atom. The third-order valence-electron chi connectivity index (χ3n) is 3.03. The van der Waals surface area contributed by atoms with Crippen LogP contribution in [0.4, 0.5) is 13.2 Å². The van der Waals surface area contributed by atoms with Gasteiger partial charge in [-0.3, -0.25) is 0 Å². The molecule has 0 spiro atoms. The molecule has 20 heavy (non-hydrogen) atoms. The smallest absolute Gasteiger partial charge is 0.194 e. The molecule has 0 fully saturated rings. The minimum Gasteiger partial charge on any atom is -0.508 e. The van der Waals surface area contributed by atoms with Crippen molar-refractivity contribution in [2.24, 2.45) is 0 Å². The van der Waals surface area contributed by atoms with Crippen molar-refractivity contribution in [3.05, 3.63) is 65.0 Å². The Balaban J connectivity index is 2.05. The Morgan fingerprint density at radius 2 is 1.75 bits per heavy atom. The summed E-state index contributed by atoms with van der Waals surface area (Å²) in [5.74, 6) is -3.72. The van der Waals surface area contributed by atoms with Crippen LogP contribution in [0.2, 0.25) is 0 Å². The largest absolute Gasteiger partial charge is 0.508 e. The molecule has 2 aromatic rings. The van der Waals surface area contributed by atoms with Crippen LogP contribution in [-0.2, 0) is 6.54 Å². The van der Waals surface area contributed by atoms with Gasteiger partial charge < -0.3 is 10.4 Å². The number of benzene rings is 2. The standard InChI is InChI=1S/C15H14F3NO/c1-9(11-3-2-4-12(20)7-11)19-8-10-5-13(16)15(18)14(17)6-10/h2-7,9,19-20H,8H2,1H3. The number of nitrogens with one attached hydrogen (secondary N) is 1. The molecule has 106 valence electrons. The second-order valence-corrected chi connectivity index (χ2v) is 4.57. The highest BCUT2D eigenvalue weighted by molar-refractivity contribution is 5.29. The van der Waals surface area contributed by atoms with Gasteiger partial charge in [0.1, 0.15) is 5.75 Å². The lowest BCUT2D eigenvalue weighted by molar-refractivity contribution is 0.443. The third-order valence-corrected chi connectivity index (χ3v) is 3.03. The summed E-state index contributed by atoms with van der Waals surface area (Å²) < 4.78 is 38.9. The summed E-state index contributed by atoms with van der Waals surface area (Å²) in [6.45, 7) is 2.04. The number of hydrogen-bond acceptors (Lipinski definition) is 2. The minimum atomic E-state index is -1.46. The molecule has 0 aliphatic carbocycles. The van der Waals surface area contributed by atoms with Gasteiger partial charge in [-0.05, 0) is 42.3 Å². The summed E-state index contributed by atoms with van der Waals surface area (Å²) in [4.78, 5) is 0. The zero-order valence-electron chi connectivity index (χ0n) is 10.8. The number of rotatable bonds is 4. The second-order valence-electron chi connectivity index (χ2n) is 4.57. The highest BCUT2D eigenvalue weighted by Crippen LogP contribution is 2.19. The first-order valence-corrected chi connectivity index (χ1v) is 6.13. The van der Waals surface area contributed by atoms with Crippen molar-refractivity contribution in [1.29, 1.82) is 0 Å². The zero-order chi connectivity index (χ0) is 14.7. The van der Waals surface area contributed by atoms with Gasteiger partial charge in [-0.2, -0.15) is 0 Å². The van der Waals surface area contributed by atoms with Crippen molar-refractivity contribution in [1.82, 2.24) is 5.32 Å². The van der Waals surface area contributed by atoms with Gasteiger partial charge >= 0.3 is 0 Å². The van der Waals surface area contributed by atoms with E-state index in [0.29, 0.717) is 5.56 Å². The molecule has 0 aliphatic rings. The third kappa shape index (κ3) is 3.30. The predicted octanol–water partition coefficient (Wildman–Crippen LogP) is 3.66. The first-order valence-electron chi connectivity index (χ1n) is 6.13. The number of phenols is 1. The van der Waals surface area contributed by atoms with Gasteiger partial charge in [-0.1, -0.05) is 12.1 Å². The molecule has 2 N–H and O–H groups in total. The van der Waals surface area contributed by atoms with Crippen LogP contribution >= 0.6 is 0 Å². The highest BCUT2D eigenvalue weighted by atomic mass is 19.2. The van der Waals surface area contributed by atoms with Gasteiger partial charge in [0.05, 0.1) is 0 Å². The van der Waals surface area contributed by atoms with Crippen LogP contribution in [0.1, 0.15) is 24.1 Å². The van der Waals surface area contributed by atoms with Crippen molar-refractivity contribution < 1.29 is 18.3 Å². The SMILES string of the molecule is CC(NCc1cc(F)c(F)c(F)c1)c1cccc(O)c1. The molecule has 0 bridgehead atoms. The van der Waals surface area contributed by atoms with Crippen LogP contribution in [0, 0.1) is 17.5 Å². The van der Waals surface area contributed by atoms with E-state index in [-0.39, 0.29) is 18.3 Å². The van der Waals surface area contributed by atoms with E-state index in [1.807, 2.05) is 13.0 Å². The Kier molecular flexibility index (Phi) is 4.29. The number of aromatic hydroxyl groups is 1. The van der Waals surface area contributed by atoms with E-state index in [2.05, 4.69) is 5.32 Å². The van der Waals surface area contributed by atoms with Crippen molar-refractivity contribution in [2.75, 3.05) is 0 Å². The Hall–Kier alpha value is -2.01. The quantitative estimate of drug-likeness (QED) is 0.838. The maximum atomic E-state index is 13.1. The molecule has 2 aromatic carbocycles. The van der Waals surface area contributed by atoms with Gasteiger partial charge in [-0.15, -0.1) is 0 Å². The minimum absolute atomic E-state index is 0.127. The lowest BCUT2D eigenvalue weighted by atomic mass is 10.1. The van der Waals surface area contributed by atoms with E-state index < -0.39 is 17.5 Å². The molecule has 0 radical (unpaired) electrons. The van der Waals surface area contributed by atoms with Crippen molar-refractivity contribution >= 4 is 0 Å². The van der Waals surface area contributed by atoms with E-state index in [1.54, 1.807) is 18.2 Å². The van der Waals surface area contributed by atoms with Crippen LogP contribution in [-0.4, -0.2) is 5.11 Å². The van der Waals surface area contributed by atoms with Gasteiger partial charge in [0, 0.05) is 12.6 Å². The van der Waals surface area contributed by atoms with Gasteiger partial charge in [0.2, 0.25) is 0 Å². The molecular weight excluding hydrogens is 267 g/mol. The Morgan fingerprint density at radius 3 is 2.35 bits per heavy atom. The maximum absolute atomic E-state index is 13.1. The summed E-state index contributed by atoms with van der Waals surface area (Å²) in [7, 11) is 0. The summed E-state index contributed by atoms with van der Waals surface area (Å²) in [6, 6.07) is 8.48. The summed E-state index contributed by atoms with van der Waals surface area (Å²) in [5, 5.41) is 12.4. The number of hydrogen-bond donors (Lipinski definition) is 2. The summed E-state index contributed by atoms with van der Waals surface area (Å²) >= 11 is 0. The van der Waals surface area contributed by atoms with Crippen molar-refractivity contribution in [2.45, 2.75) is 19.5 Å². The van der Waals surface area contributed by atoms with Crippen LogP contribution in [0.3, 0.4) is 0 Å². The fourth-order valence-corrected chi connectivity index (χ4v) is 1.89. The molecule has 0 aromatic heterocycles. The van der Waals surface area contributed by atoms with Gasteiger partial charge in [-0.25, -0.2) is 13.2 Å². The zero-order valence-corrected chi connectivity index (χ0v) is 10.8. The van der Waals surface area contributed by atoms with Crippen LogP contribution < -0.4 is 5.32 Å². The van der Waals surface area contributed by atoms with E-state index in [4.69, 9.17) is 0 Å². The molecule has 0 saturated heterocycles. The molecule has 0 aliphatic heterocycles. The molecule has 0 amide bonds. The van der Waals surface area contributed by atoms with Gasteiger partial charge in [0.15, 0.2) is 17.5 Å². The molecule has 0 saturated carbocycles. The second kappa shape index (κ2) is 5.96.